The van der Waals surface area contributed by atoms with E-state index in [1.807, 2.05) is 0 Å². The molecule has 0 aromatic carbocycles. The SMILES string of the molecule is CNC(C)(C)C1CCC(C)(N)CC1. The molecule has 78 valence electrons. The Morgan fingerprint density at radius 3 is 2.15 bits per heavy atom. The largest absolute Gasteiger partial charge is 0.325 e. The van der Waals surface area contributed by atoms with Crippen molar-refractivity contribution >= 4 is 0 Å². The number of nitrogens with two attached hydrogens (primary N) is 1. The summed E-state index contributed by atoms with van der Waals surface area (Å²) in [5, 5.41) is 3.40. The molecule has 0 aliphatic heterocycles. The van der Waals surface area contributed by atoms with Gasteiger partial charge in [0.05, 0.1) is 0 Å². The van der Waals surface area contributed by atoms with Crippen LogP contribution < -0.4 is 11.1 Å². The minimum atomic E-state index is 0.0975. The molecule has 3 N–H and O–H groups in total. The number of nitrogens with one attached hydrogen (secondary N) is 1. The number of hydrogen-bond donors (Lipinski definition) is 2. The molecule has 2 nitrogen and oxygen atoms in total. The van der Waals surface area contributed by atoms with Crippen molar-refractivity contribution in [1.82, 2.24) is 5.32 Å². The van der Waals surface area contributed by atoms with Crippen molar-refractivity contribution in [2.24, 2.45) is 11.7 Å². The lowest BCUT2D eigenvalue weighted by Gasteiger charge is -2.42. The average Bonchev–Trinajstić information content (AvgIpc) is 2.04. The topological polar surface area (TPSA) is 38.0 Å². The van der Waals surface area contributed by atoms with Gasteiger partial charge in [-0.2, -0.15) is 0 Å². The van der Waals surface area contributed by atoms with E-state index in [0.717, 1.165) is 5.92 Å². The van der Waals surface area contributed by atoms with Crippen LogP contribution in [-0.4, -0.2) is 18.1 Å². The Hall–Kier alpha value is -0.0800. The predicted molar refractivity (Wildman–Crippen MR) is 57.7 cm³/mol. The van der Waals surface area contributed by atoms with Crippen LogP contribution in [0.4, 0.5) is 0 Å². The molecule has 0 aromatic heterocycles. The second kappa shape index (κ2) is 3.58. The molecule has 0 heterocycles. The molecular formula is C11H24N2. The van der Waals surface area contributed by atoms with E-state index < -0.39 is 0 Å². The first-order valence-electron chi connectivity index (χ1n) is 5.35. The van der Waals surface area contributed by atoms with E-state index in [1.54, 1.807) is 0 Å². The van der Waals surface area contributed by atoms with Gasteiger partial charge in [-0.15, -0.1) is 0 Å². The van der Waals surface area contributed by atoms with E-state index >= 15 is 0 Å². The second-order valence-corrected chi connectivity index (χ2v) is 5.40. The lowest BCUT2D eigenvalue weighted by Crippen LogP contribution is -2.49. The van der Waals surface area contributed by atoms with Crippen molar-refractivity contribution < 1.29 is 0 Å². The van der Waals surface area contributed by atoms with Crippen molar-refractivity contribution in [2.75, 3.05) is 7.05 Å². The minimum Gasteiger partial charge on any atom is -0.325 e. The summed E-state index contributed by atoms with van der Waals surface area (Å²) >= 11 is 0. The number of rotatable bonds is 2. The standard InChI is InChI=1S/C11H24N2/c1-10(2,13-4)9-5-7-11(3,12)8-6-9/h9,13H,5-8,12H2,1-4H3. The van der Waals surface area contributed by atoms with Gasteiger partial charge < -0.3 is 11.1 Å². The molecule has 0 bridgehead atoms. The highest BCUT2D eigenvalue weighted by Crippen LogP contribution is 2.35. The van der Waals surface area contributed by atoms with Crippen molar-refractivity contribution in [2.45, 2.75) is 57.5 Å². The first kappa shape index (κ1) is 11.0. The van der Waals surface area contributed by atoms with Gasteiger partial charge in [-0.05, 0) is 59.4 Å². The Balaban J connectivity index is 2.50. The quantitative estimate of drug-likeness (QED) is 0.688. The summed E-state index contributed by atoms with van der Waals surface area (Å²) in [6.07, 6.45) is 4.87. The van der Waals surface area contributed by atoms with E-state index in [1.165, 1.54) is 25.7 Å². The summed E-state index contributed by atoms with van der Waals surface area (Å²) in [5.41, 5.74) is 6.48. The molecule has 1 rings (SSSR count). The molecule has 0 atom stereocenters. The molecule has 0 radical (unpaired) electrons. The fraction of sp³-hybridized carbons (Fsp3) is 1.00. The van der Waals surface area contributed by atoms with Crippen LogP contribution in [0.2, 0.25) is 0 Å². The molecule has 1 aliphatic carbocycles. The molecule has 1 fully saturated rings. The Morgan fingerprint density at radius 2 is 1.77 bits per heavy atom. The zero-order valence-electron chi connectivity index (χ0n) is 9.48. The lowest BCUT2D eigenvalue weighted by atomic mass is 9.71. The fourth-order valence-electron chi connectivity index (χ4n) is 2.20. The van der Waals surface area contributed by atoms with E-state index in [4.69, 9.17) is 5.73 Å². The van der Waals surface area contributed by atoms with Crippen LogP contribution in [0.15, 0.2) is 0 Å². The Kier molecular flexibility index (Phi) is 3.03. The van der Waals surface area contributed by atoms with Crippen LogP contribution in [0.5, 0.6) is 0 Å². The van der Waals surface area contributed by atoms with Crippen LogP contribution in [0.1, 0.15) is 46.5 Å². The predicted octanol–water partition coefficient (Wildman–Crippen LogP) is 1.89. The first-order chi connectivity index (χ1) is 5.87. The van der Waals surface area contributed by atoms with Gasteiger partial charge in [0.15, 0.2) is 0 Å². The fourth-order valence-corrected chi connectivity index (χ4v) is 2.20. The average molecular weight is 184 g/mol. The molecule has 0 unspecified atom stereocenters. The highest BCUT2D eigenvalue weighted by molar-refractivity contribution is 4.93. The maximum Gasteiger partial charge on any atom is 0.0150 e. The van der Waals surface area contributed by atoms with Crippen molar-refractivity contribution in [3.05, 3.63) is 0 Å². The van der Waals surface area contributed by atoms with E-state index in [0.29, 0.717) is 0 Å². The van der Waals surface area contributed by atoms with Gasteiger partial charge in [0.1, 0.15) is 0 Å². The summed E-state index contributed by atoms with van der Waals surface area (Å²) in [7, 11) is 2.05. The Labute approximate surface area is 82.3 Å². The van der Waals surface area contributed by atoms with Gasteiger partial charge in [-0.25, -0.2) is 0 Å². The molecule has 1 saturated carbocycles. The van der Waals surface area contributed by atoms with Gasteiger partial charge in [0.2, 0.25) is 0 Å². The van der Waals surface area contributed by atoms with Gasteiger partial charge in [0.25, 0.3) is 0 Å². The van der Waals surface area contributed by atoms with E-state index in [9.17, 15) is 0 Å². The molecule has 0 spiro atoms. The molecular weight excluding hydrogens is 160 g/mol. The maximum absolute atomic E-state index is 6.10. The van der Waals surface area contributed by atoms with Gasteiger partial charge in [0, 0.05) is 11.1 Å². The smallest absolute Gasteiger partial charge is 0.0150 e. The van der Waals surface area contributed by atoms with Crippen LogP contribution in [0.25, 0.3) is 0 Å². The van der Waals surface area contributed by atoms with Gasteiger partial charge >= 0.3 is 0 Å². The summed E-state index contributed by atoms with van der Waals surface area (Å²) < 4.78 is 0. The van der Waals surface area contributed by atoms with Crippen LogP contribution in [0, 0.1) is 5.92 Å². The third-order valence-corrected chi connectivity index (χ3v) is 3.79. The molecule has 2 heteroatoms. The van der Waals surface area contributed by atoms with Crippen LogP contribution in [-0.2, 0) is 0 Å². The van der Waals surface area contributed by atoms with E-state index in [2.05, 4.69) is 33.1 Å². The van der Waals surface area contributed by atoms with Crippen molar-refractivity contribution in [3.63, 3.8) is 0 Å². The zero-order valence-corrected chi connectivity index (χ0v) is 9.48. The second-order valence-electron chi connectivity index (χ2n) is 5.40. The third kappa shape index (κ3) is 2.68. The minimum absolute atomic E-state index is 0.0975. The van der Waals surface area contributed by atoms with Crippen LogP contribution >= 0.6 is 0 Å². The molecule has 0 aromatic rings. The third-order valence-electron chi connectivity index (χ3n) is 3.79. The summed E-state index contributed by atoms with van der Waals surface area (Å²) in [6, 6.07) is 0. The van der Waals surface area contributed by atoms with Crippen molar-refractivity contribution in [1.29, 1.82) is 0 Å². The van der Waals surface area contributed by atoms with Gasteiger partial charge in [-0.3, -0.25) is 0 Å². The Morgan fingerprint density at radius 1 is 1.31 bits per heavy atom. The number of hydrogen-bond acceptors (Lipinski definition) is 2. The zero-order chi connectivity index (χ0) is 10.1. The molecule has 13 heavy (non-hydrogen) atoms. The summed E-state index contributed by atoms with van der Waals surface area (Å²) in [6.45, 7) is 6.75. The van der Waals surface area contributed by atoms with Crippen LogP contribution in [0.3, 0.4) is 0 Å². The monoisotopic (exact) mass is 184 g/mol. The maximum atomic E-state index is 6.10. The van der Waals surface area contributed by atoms with Gasteiger partial charge in [-0.1, -0.05) is 0 Å². The lowest BCUT2D eigenvalue weighted by molar-refractivity contribution is 0.163. The van der Waals surface area contributed by atoms with Crippen molar-refractivity contribution in [3.8, 4) is 0 Å². The summed E-state index contributed by atoms with van der Waals surface area (Å²) in [4.78, 5) is 0. The highest BCUT2D eigenvalue weighted by Gasteiger charge is 2.34. The first-order valence-corrected chi connectivity index (χ1v) is 5.35. The van der Waals surface area contributed by atoms with E-state index in [-0.39, 0.29) is 11.1 Å². The Bertz CT molecular complexity index is 163. The summed E-state index contributed by atoms with van der Waals surface area (Å²) in [5.74, 6) is 0.786. The molecule has 1 aliphatic rings. The highest BCUT2D eigenvalue weighted by atomic mass is 14.9. The molecule has 0 amide bonds. The normalized spacial score (nSPS) is 36.2. The molecule has 0 saturated heterocycles.